The summed E-state index contributed by atoms with van der Waals surface area (Å²) in [5, 5.41) is 0. The van der Waals surface area contributed by atoms with Gasteiger partial charge in [-0.1, -0.05) is 30.3 Å². The van der Waals surface area contributed by atoms with Crippen molar-refractivity contribution in [2.75, 3.05) is 23.7 Å². The third kappa shape index (κ3) is 3.53. The van der Waals surface area contributed by atoms with E-state index in [2.05, 4.69) is 24.3 Å². The lowest BCUT2D eigenvalue weighted by molar-refractivity contribution is 0.0713. The normalized spacial score (nSPS) is 20.3. The molecule has 1 atom stereocenters. The Morgan fingerprint density at radius 1 is 1.04 bits per heavy atom. The van der Waals surface area contributed by atoms with Crippen LogP contribution < -0.4 is 4.31 Å². The first-order valence-corrected chi connectivity index (χ1v) is 11.7. The summed E-state index contributed by atoms with van der Waals surface area (Å²) in [6, 6.07) is 15.8. The van der Waals surface area contributed by atoms with Crippen LogP contribution in [0.4, 0.5) is 5.69 Å². The van der Waals surface area contributed by atoms with Gasteiger partial charge in [-0.25, -0.2) is 8.42 Å². The Morgan fingerprint density at radius 2 is 1.71 bits per heavy atom. The number of anilines is 1. The Labute approximate surface area is 167 Å². The maximum atomic E-state index is 13.0. The van der Waals surface area contributed by atoms with E-state index in [-0.39, 0.29) is 11.9 Å². The molecule has 28 heavy (non-hydrogen) atoms. The van der Waals surface area contributed by atoms with Gasteiger partial charge < -0.3 is 4.90 Å². The standard InChI is InChI=1S/C22H26N2O3S/c1-16-14-20-15-19(8-9-21(20)24(16)28(2,26)27)22(25)23-12-10-18(11-13-23)17-6-4-3-5-7-17/h3-9,15-16,18H,10-14H2,1-2H3. The molecular formula is C22H26N2O3S. The van der Waals surface area contributed by atoms with Gasteiger partial charge in [0.2, 0.25) is 10.0 Å². The fraction of sp³-hybridized carbons (Fsp3) is 0.409. The maximum absolute atomic E-state index is 13.0. The number of hydrogen-bond acceptors (Lipinski definition) is 3. The molecule has 0 saturated carbocycles. The summed E-state index contributed by atoms with van der Waals surface area (Å²) in [7, 11) is -3.31. The van der Waals surface area contributed by atoms with Crippen molar-refractivity contribution in [3.63, 3.8) is 0 Å². The van der Waals surface area contributed by atoms with E-state index >= 15 is 0 Å². The van der Waals surface area contributed by atoms with E-state index in [1.807, 2.05) is 24.0 Å². The zero-order valence-electron chi connectivity index (χ0n) is 16.3. The van der Waals surface area contributed by atoms with Crippen molar-refractivity contribution in [3.05, 3.63) is 65.2 Å². The fourth-order valence-corrected chi connectivity index (χ4v) is 5.83. The number of piperidine rings is 1. The van der Waals surface area contributed by atoms with E-state index in [1.54, 1.807) is 12.1 Å². The van der Waals surface area contributed by atoms with E-state index in [1.165, 1.54) is 16.1 Å². The molecule has 0 aliphatic carbocycles. The van der Waals surface area contributed by atoms with E-state index in [0.717, 1.165) is 31.5 Å². The second kappa shape index (κ2) is 7.24. The van der Waals surface area contributed by atoms with Crippen molar-refractivity contribution in [1.82, 2.24) is 4.90 Å². The Kier molecular flexibility index (Phi) is 4.91. The minimum Gasteiger partial charge on any atom is -0.339 e. The Bertz CT molecular complexity index is 980. The van der Waals surface area contributed by atoms with Gasteiger partial charge in [-0.05, 0) is 61.4 Å². The highest BCUT2D eigenvalue weighted by Crippen LogP contribution is 2.35. The lowest BCUT2D eigenvalue weighted by Crippen LogP contribution is -2.38. The highest BCUT2D eigenvalue weighted by atomic mass is 32.2. The summed E-state index contributed by atoms with van der Waals surface area (Å²) in [6.07, 6.45) is 3.81. The van der Waals surface area contributed by atoms with Crippen molar-refractivity contribution in [2.24, 2.45) is 0 Å². The minimum atomic E-state index is -3.31. The Balaban J connectivity index is 1.48. The predicted molar refractivity (Wildman–Crippen MR) is 111 cm³/mol. The summed E-state index contributed by atoms with van der Waals surface area (Å²) in [6.45, 7) is 3.40. The molecule has 0 N–H and O–H groups in total. The molecule has 2 aromatic carbocycles. The van der Waals surface area contributed by atoms with Gasteiger partial charge in [0.25, 0.3) is 5.91 Å². The first-order valence-electron chi connectivity index (χ1n) is 9.81. The van der Waals surface area contributed by atoms with Crippen LogP contribution in [0.3, 0.4) is 0 Å². The van der Waals surface area contributed by atoms with Gasteiger partial charge in [-0.15, -0.1) is 0 Å². The maximum Gasteiger partial charge on any atom is 0.253 e. The molecule has 4 rings (SSSR count). The number of sulfonamides is 1. The highest BCUT2D eigenvalue weighted by molar-refractivity contribution is 7.92. The molecule has 6 heteroatoms. The second-order valence-corrected chi connectivity index (χ2v) is 9.79. The quantitative estimate of drug-likeness (QED) is 0.796. The van der Waals surface area contributed by atoms with Gasteiger partial charge in [0.05, 0.1) is 11.9 Å². The van der Waals surface area contributed by atoms with Gasteiger partial charge in [-0.3, -0.25) is 9.10 Å². The number of hydrogen-bond donors (Lipinski definition) is 0. The van der Waals surface area contributed by atoms with Crippen LogP contribution in [0.2, 0.25) is 0 Å². The molecule has 0 radical (unpaired) electrons. The summed E-state index contributed by atoms with van der Waals surface area (Å²) in [5.41, 5.74) is 3.64. The number of carbonyl (C=O) groups is 1. The molecule has 1 unspecified atom stereocenters. The third-order valence-electron chi connectivity index (χ3n) is 5.89. The Morgan fingerprint density at radius 3 is 2.36 bits per heavy atom. The zero-order chi connectivity index (χ0) is 19.9. The first-order chi connectivity index (χ1) is 13.3. The molecule has 2 aliphatic rings. The number of likely N-dealkylation sites (tertiary alicyclic amines) is 1. The molecule has 0 spiro atoms. The largest absolute Gasteiger partial charge is 0.339 e. The summed E-state index contributed by atoms with van der Waals surface area (Å²) < 4.78 is 25.6. The molecular weight excluding hydrogens is 372 g/mol. The number of amides is 1. The number of rotatable bonds is 3. The van der Waals surface area contributed by atoms with Gasteiger partial charge in [0.1, 0.15) is 0 Å². The predicted octanol–water partition coefficient (Wildman–Crippen LogP) is 3.42. The Hall–Kier alpha value is -2.34. The van der Waals surface area contributed by atoms with Crippen molar-refractivity contribution in [2.45, 2.75) is 38.1 Å². The third-order valence-corrected chi connectivity index (χ3v) is 7.16. The van der Waals surface area contributed by atoms with Gasteiger partial charge in [0, 0.05) is 24.7 Å². The van der Waals surface area contributed by atoms with Crippen LogP contribution in [0.1, 0.15) is 47.2 Å². The molecule has 2 aliphatic heterocycles. The average Bonchev–Trinajstić information content (AvgIpc) is 3.03. The zero-order valence-corrected chi connectivity index (χ0v) is 17.2. The molecule has 1 saturated heterocycles. The van der Waals surface area contributed by atoms with Crippen LogP contribution in [0, 0.1) is 0 Å². The number of carbonyl (C=O) groups excluding carboxylic acids is 1. The molecule has 0 aromatic heterocycles. The van der Waals surface area contributed by atoms with Crippen molar-refractivity contribution in [1.29, 1.82) is 0 Å². The fourth-order valence-electron chi connectivity index (χ4n) is 4.56. The SMILES string of the molecule is CC1Cc2cc(C(=O)N3CCC(c4ccccc4)CC3)ccc2N1S(C)(=O)=O. The van der Waals surface area contributed by atoms with Gasteiger partial charge in [-0.2, -0.15) is 0 Å². The average molecular weight is 399 g/mol. The van der Waals surface area contributed by atoms with Crippen LogP contribution in [0.15, 0.2) is 48.5 Å². The molecule has 148 valence electrons. The first kappa shape index (κ1) is 19.0. The molecule has 5 nitrogen and oxygen atoms in total. The lowest BCUT2D eigenvalue weighted by Gasteiger charge is -2.32. The minimum absolute atomic E-state index is 0.0415. The topological polar surface area (TPSA) is 57.7 Å². The van der Waals surface area contributed by atoms with Crippen molar-refractivity contribution in [3.8, 4) is 0 Å². The van der Waals surface area contributed by atoms with Crippen LogP contribution in [-0.2, 0) is 16.4 Å². The summed E-state index contributed by atoms with van der Waals surface area (Å²) in [4.78, 5) is 14.9. The van der Waals surface area contributed by atoms with Crippen molar-refractivity contribution >= 4 is 21.6 Å². The van der Waals surface area contributed by atoms with Crippen molar-refractivity contribution < 1.29 is 13.2 Å². The number of nitrogens with zero attached hydrogens (tertiary/aromatic N) is 2. The molecule has 0 bridgehead atoms. The second-order valence-electron chi connectivity index (χ2n) is 7.93. The van der Waals surface area contributed by atoms with Crippen LogP contribution in [-0.4, -0.2) is 44.6 Å². The van der Waals surface area contributed by atoms with Gasteiger partial charge >= 0.3 is 0 Å². The molecule has 2 aromatic rings. The van der Waals surface area contributed by atoms with E-state index in [9.17, 15) is 13.2 Å². The van der Waals surface area contributed by atoms with Crippen LogP contribution >= 0.6 is 0 Å². The lowest BCUT2D eigenvalue weighted by atomic mass is 9.89. The highest BCUT2D eigenvalue weighted by Gasteiger charge is 2.33. The van der Waals surface area contributed by atoms with E-state index < -0.39 is 10.0 Å². The summed E-state index contributed by atoms with van der Waals surface area (Å²) in [5.74, 6) is 0.550. The monoisotopic (exact) mass is 398 g/mol. The van der Waals surface area contributed by atoms with Crippen LogP contribution in [0.25, 0.3) is 0 Å². The smallest absolute Gasteiger partial charge is 0.253 e. The van der Waals surface area contributed by atoms with Crippen LogP contribution in [0.5, 0.6) is 0 Å². The van der Waals surface area contributed by atoms with E-state index in [4.69, 9.17) is 0 Å². The van der Waals surface area contributed by atoms with E-state index in [0.29, 0.717) is 23.6 Å². The number of fused-ring (bicyclic) bond motifs is 1. The summed E-state index contributed by atoms with van der Waals surface area (Å²) >= 11 is 0. The molecule has 1 amide bonds. The van der Waals surface area contributed by atoms with Gasteiger partial charge in [0.15, 0.2) is 0 Å². The molecule has 1 fully saturated rings. The number of benzene rings is 2. The molecule has 2 heterocycles.